The van der Waals surface area contributed by atoms with E-state index in [4.69, 9.17) is 0 Å². The summed E-state index contributed by atoms with van der Waals surface area (Å²) in [6, 6.07) is 13.3. The molecular formula is C29H29F3N6O2. The lowest BCUT2D eigenvalue weighted by Gasteiger charge is -2.33. The zero-order valence-electron chi connectivity index (χ0n) is 22.1. The summed E-state index contributed by atoms with van der Waals surface area (Å²) in [6.45, 7) is 4.58. The minimum absolute atomic E-state index is 0.0399. The van der Waals surface area contributed by atoms with Gasteiger partial charge in [-0.3, -0.25) is 9.69 Å². The number of urea groups is 1. The van der Waals surface area contributed by atoms with Gasteiger partial charge in [0.25, 0.3) is 0 Å². The summed E-state index contributed by atoms with van der Waals surface area (Å²) < 4.78 is 41.5. The van der Waals surface area contributed by atoms with Crippen LogP contribution in [0.25, 0.3) is 0 Å². The van der Waals surface area contributed by atoms with Gasteiger partial charge >= 0.3 is 12.2 Å². The molecule has 1 aromatic heterocycles. The number of rotatable bonds is 5. The molecule has 1 saturated heterocycles. The number of benzene rings is 2. The average Bonchev–Trinajstić information content (AvgIpc) is 2.90. The first-order chi connectivity index (χ1) is 19.0. The molecule has 3 N–H and O–H groups in total. The Bertz CT molecular complexity index is 1420. The van der Waals surface area contributed by atoms with E-state index in [1.54, 1.807) is 36.4 Å². The van der Waals surface area contributed by atoms with Crippen LogP contribution < -0.4 is 16.0 Å². The van der Waals surface area contributed by atoms with E-state index < -0.39 is 17.8 Å². The minimum Gasteiger partial charge on any atom is -0.311 e. The molecule has 0 bridgehead atoms. The average molecular weight is 551 g/mol. The van der Waals surface area contributed by atoms with Gasteiger partial charge < -0.3 is 20.9 Å². The van der Waals surface area contributed by atoms with Crippen LogP contribution in [0.1, 0.15) is 29.2 Å². The van der Waals surface area contributed by atoms with E-state index in [9.17, 15) is 22.8 Å². The van der Waals surface area contributed by atoms with Crippen molar-refractivity contribution in [2.45, 2.75) is 19.6 Å². The first-order valence-electron chi connectivity index (χ1n) is 12.6. The molecule has 8 nitrogen and oxygen atoms in total. The zero-order valence-corrected chi connectivity index (χ0v) is 22.1. The summed E-state index contributed by atoms with van der Waals surface area (Å²) in [4.78, 5) is 31.9. The highest BCUT2D eigenvalue weighted by Gasteiger charge is 2.34. The zero-order chi connectivity index (χ0) is 28.7. The van der Waals surface area contributed by atoms with Crippen molar-refractivity contribution in [3.63, 3.8) is 0 Å². The van der Waals surface area contributed by atoms with Crippen molar-refractivity contribution in [3.05, 3.63) is 83.0 Å². The van der Waals surface area contributed by atoms with E-state index in [-0.39, 0.29) is 23.7 Å². The first kappa shape index (κ1) is 28.6. The number of aromatic nitrogens is 1. The number of alkyl halides is 3. The number of anilines is 3. The molecule has 0 radical (unpaired) electrons. The van der Waals surface area contributed by atoms with Crippen LogP contribution in [-0.4, -0.2) is 59.9 Å². The topological polar surface area (TPSA) is 89.6 Å². The number of likely N-dealkylation sites (N-methyl/N-ethyl adjacent to an activating group) is 1. The number of amides is 3. The van der Waals surface area contributed by atoms with Crippen LogP contribution in [0.5, 0.6) is 0 Å². The van der Waals surface area contributed by atoms with Gasteiger partial charge in [-0.15, -0.1) is 0 Å². The molecule has 3 amide bonds. The molecule has 40 heavy (non-hydrogen) atoms. The fourth-order valence-electron chi connectivity index (χ4n) is 4.14. The largest absolute Gasteiger partial charge is 0.416 e. The number of hydrogen-bond donors (Lipinski definition) is 3. The van der Waals surface area contributed by atoms with Gasteiger partial charge in [0.2, 0.25) is 5.91 Å². The number of hydrogen-bond acceptors (Lipinski definition) is 5. The van der Waals surface area contributed by atoms with Crippen molar-refractivity contribution in [3.8, 4) is 11.8 Å². The maximum Gasteiger partial charge on any atom is 0.416 e. The van der Waals surface area contributed by atoms with Crippen LogP contribution in [0.15, 0.2) is 60.8 Å². The maximum atomic E-state index is 13.8. The maximum absolute atomic E-state index is 13.8. The molecule has 0 aliphatic carbocycles. The Morgan fingerprint density at radius 1 is 0.900 bits per heavy atom. The lowest BCUT2D eigenvalue weighted by Crippen LogP contribution is -2.44. The summed E-state index contributed by atoms with van der Waals surface area (Å²) in [6.07, 6.45) is -3.03. The van der Waals surface area contributed by atoms with E-state index in [0.29, 0.717) is 35.7 Å². The molecule has 0 atom stereocenters. The highest BCUT2D eigenvalue weighted by Crippen LogP contribution is 2.34. The number of carbonyl (C=O) groups excluding carboxylic acids is 2. The number of halogens is 3. The Kier molecular flexibility index (Phi) is 9.04. The second-order valence-electron chi connectivity index (χ2n) is 9.47. The molecule has 1 aliphatic heterocycles. The molecule has 0 spiro atoms. The standard InChI is InChI=1S/C29H29F3N6O2/c1-20(39)34-27-11-8-22(18-33-27)7-6-21-4-3-5-24(16-21)35-28(40)36-25-10-9-23(26(17-25)29(30,31)32)19-38-14-12-37(2)13-15-38/h3-5,8-11,16-18H,12-15,19H2,1-2H3,(H,33,34,39)(H2,35,36,40). The SMILES string of the molecule is CC(=O)Nc1ccc(C#Cc2cccc(NC(=O)Nc3ccc(CN4CCN(C)CC4)c(C(F)(F)F)c3)c2)cn1. The lowest BCUT2D eigenvalue weighted by molar-refractivity contribution is -0.138. The number of nitrogens with one attached hydrogen (secondary N) is 3. The highest BCUT2D eigenvalue weighted by molar-refractivity contribution is 6.00. The molecule has 208 valence electrons. The molecule has 1 aliphatic rings. The molecule has 11 heteroatoms. The number of pyridine rings is 1. The monoisotopic (exact) mass is 550 g/mol. The third-order valence-electron chi connectivity index (χ3n) is 6.20. The van der Waals surface area contributed by atoms with E-state index in [2.05, 4.69) is 37.7 Å². The minimum atomic E-state index is -4.55. The van der Waals surface area contributed by atoms with Crippen molar-refractivity contribution >= 4 is 29.1 Å². The van der Waals surface area contributed by atoms with E-state index in [1.165, 1.54) is 25.3 Å². The lowest BCUT2D eigenvalue weighted by atomic mass is 10.0. The van der Waals surface area contributed by atoms with Crippen molar-refractivity contribution in [2.75, 3.05) is 49.2 Å². The molecule has 2 aromatic carbocycles. The Hall–Kier alpha value is -4.40. The third kappa shape index (κ3) is 8.30. The second kappa shape index (κ2) is 12.6. The van der Waals surface area contributed by atoms with Gasteiger partial charge in [-0.05, 0) is 55.1 Å². The van der Waals surface area contributed by atoms with Crippen LogP contribution in [-0.2, 0) is 17.5 Å². The smallest absolute Gasteiger partial charge is 0.311 e. The van der Waals surface area contributed by atoms with Crippen molar-refractivity contribution < 1.29 is 22.8 Å². The predicted molar refractivity (Wildman–Crippen MR) is 148 cm³/mol. The number of piperazine rings is 1. The van der Waals surface area contributed by atoms with Gasteiger partial charge in [-0.25, -0.2) is 9.78 Å². The quantitative estimate of drug-likeness (QED) is 0.396. The summed E-state index contributed by atoms with van der Waals surface area (Å²) in [7, 11) is 1.99. The molecule has 0 unspecified atom stereocenters. The Labute approximate surface area is 230 Å². The molecule has 0 saturated carbocycles. The van der Waals surface area contributed by atoms with Gasteiger partial charge in [-0.1, -0.05) is 24.0 Å². The van der Waals surface area contributed by atoms with E-state index in [0.717, 1.165) is 19.2 Å². The van der Waals surface area contributed by atoms with Gasteiger partial charge in [0.15, 0.2) is 0 Å². The molecule has 1 fully saturated rings. The van der Waals surface area contributed by atoms with Crippen LogP contribution >= 0.6 is 0 Å². The van der Waals surface area contributed by atoms with Crippen LogP contribution in [0.3, 0.4) is 0 Å². The summed E-state index contributed by atoms with van der Waals surface area (Å²) in [5.74, 6) is 6.12. The third-order valence-corrected chi connectivity index (χ3v) is 6.20. The van der Waals surface area contributed by atoms with Crippen molar-refractivity contribution in [1.29, 1.82) is 0 Å². The van der Waals surface area contributed by atoms with Crippen molar-refractivity contribution in [2.24, 2.45) is 0 Å². The van der Waals surface area contributed by atoms with Crippen LogP contribution in [0.4, 0.5) is 35.2 Å². The second-order valence-corrected chi connectivity index (χ2v) is 9.47. The summed E-state index contributed by atoms with van der Waals surface area (Å²) in [5, 5.41) is 7.70. The molecule has 4 rings (SSSR count). The fraction of sp³-hybridized carbons (Fsp3) is 0.276. The first-order valence-corrected chi connectivity index (χ1v) is 12.6. The summed E-state index contributed by atoms with van der Waals surface area (Å²) >= 11 is 0. The summed E-state index contributed by atoms with van der Waals surface area (Å²) in [5.41, 5.74) is 1.11. The van der Waals surface area contributed by atoms with Gasteiger partial charge in [0, 0.05) is 68.3 Å². The Morgan fingerprint density at radius 3 is 2.25 bits per heavy atom. The van der Waals surface area contributed by atoms with E-state index in [1.807, 2.05) is 11.9 Å². The highest BCUT2D eigenvalue weighted by atomic mass is 19.4. The normalized spacial score (nSPS) is 14.1. The fourth-order valence-corrected chi connectivity index (χ4v) is 4.14. The number of carbonyl (C=O) groups is 2. The number of nitrogens with zero attached hydrogens (tertiary/aromatic N) is 3. The van der Waals surface area contributed by atoms with Gasteiger partial charge in [0.1, 0.15) is 5.82 Å². The van der Waals surface area contributed by atoms with Crippen LogP contribution in [0.2, 0.25) is 0 Å². The predicted octanol–water partition coefficient (Wildman–Crippen LogP) is 4.85. The Morgan fingerprint density at radius 2 is 1.60 bits per heavy atom. The molecular weight excluding hydrogens is 521 g/mol. The van der Waals surface area contributed by atoms with Crippen molar-refractivity contribution in [1.82, 2.24) is 14.8 Å². The molecule has 2 heterocycles. The molecule has 3 aromatic rings. The van der Waals surface area contributed by atoms with Gasteiger partial charge in [0.05, 0.1) is 5.56 Å². The van der Waals surface area contributed by atoms with Gasteiger partial charge in [-0.2, -0.15) is 13.2 Å². The van der Waals surface area contributed by atoms with E-state index >= 15 is 0 Å². The Balaban J connectivity index is 1.40. The van der Waals surface area contributed by atoms with Crippen LogP contribution in [0, 0.1) is 11.8 Å².